The molecule has 4 aromatic rings. The number of allylic oxidation sites excluding steroid dienone is 1. The van der Waals surface area contributed by atoms with Gasteiger partial charge in [0.1, 0.15) is 11.5 Å². The van der Waals surface area contributed by atoms with E-state index in [0.717, 1.165) is 11.3 Å². The molecule has 0 fully saturated rings. The summed E-state index contributed by atoms with van der Waals surface area (Å²) in [6.07, 6.45) is 1.57. The van der Waals surface area contributed by atoms with Gasteiger partial charge in [-0.3, -0.25) is 9.36 Å². The molecule has 0 radical (unpaired) electrons. The number of rotatable bonds is 9. The quantitative estimate of drug-likeness (QED) is 0.263. The molecule has 0 bridgehead atoms. The molecule has 1 atom stereocenters. The Morgan fingerprint density at radius 1 is 1.12 bits per heavy atom. The number of nitrogens with zero attached hydrogens (tertiary/aromatic N) is 2. The lowest BCUT2D eigenvalue weighted by Gasteiger charge is -2.25. The molecule has 0 unspecified atom stereocenters. The number of carbonyl (C=O) groups is 2. The van der Waals surface area contributed by atoms with Gasteiger partial charge >= 0.3 is 11.9 Å². The summed E-state index contributed by atoms with van der Waals surface area (Å²) in [7, 11) is 1.53. The van der Waals surface area contributed by atoms with E-state index in [1.807, 2.05) is 6.92 Å². The first kappa shape index (κ1) is 29.9. The first-order chi connectivity index (χ1) is 20.7. The molecule has 0 aliphatic carbocycles. The average molecular weight is 623 g/mol. The molecule has 0 saturated heterocycles. The lowest BCUT2D eigenvalue weighted by Crippen LogP contribution is -2.39. The first-order valence-electron chi connectivity index (χ1n) is 13.3. The second kappa shape index (κ2) is 12.3. The predicted octanol–water partition coefficient (Wildman–Crippen LogP) is 4.82. The number of esters is 1. The minimum absolute atomic E-state index is 0.0597. The predicted molar refractivity (Wildman–Crippen MR) is 161 cm³/mol. The normalized spacial score (nSPS) is 14.7. The maximum atomic E-state index is 13.9. The molecule has 1 aliphatic rings. The van der Waals surface area contributed by atoms with Crippen molar-refractivity contribution in [2.24, 2.45) is 4.99 Å². The first-order valence-corrected chi connectivity index (χ1v) is 14.5. The number of carboxylic acid groups (broad SMARTS) is 1. The fourth-order valence-electron chi connectivity index (χ4n) is 4.79. The highest BCUT2D eigenvalue weighted by molar-refractivity contribution is 7.07. The molecule has 1 N–H and O–H groups in total. The van der Waals surface area contributed by atoms with Gasteiger partial charge in [0.25, 0.3) is 5.56 Å². The number of benzene rings is 2. The number of methoxy groups -OCH3 is 1. The van der Waals surface area contributed by atoms with Crippen molar-refractivity contribution >= 4 is 41.0 Å². The van der Waals surface area contributed by atoms with Crippen molar-refractivity contribution in [3.8, 4) is 22.8 Å². The van der Waals surface area contributed by atoms with Crippen molar-refractivity contribution in [1.82, 2.24) is 4.57 Å². The molecule has 5 rings (SSSR count). The summed E-state index contributed by atoms with van der Waals surface area (Å²) in [5, 5.41) is 9.68. The van der Waals surface area contributed by atoms with Gasteiger partial charge in [0.2, 0.25) is 0 Å². The molecule has 2 aromatic carbocycles. The topological polar surface area (TPSA) is 130 Å². The van der Waals surface area contributed by atoms with E-state index < -0.39 is 18.0 Å². The highest BCUT2D eigenvalue weighted by Crippen LogP contribution is 2.36. The Kier molecular flexibility index (Phi) is 8.56. The van der Waals surface area contributed by atoms with Crippen molar-refractivity contribution in [1.29, 1.82) is 0 Å². The van der Waals surface area contributed by atoms with E-state index in [4.69, 9.17) is 30.2 Å². The number of halogens is 1. The van der Waals surface area contributed by atoms with Crippen molar-refractivity contribution in [2.45, 2.75) is 26.8 Å². The maximum absolute atomic E-state index is 13.9. The lowest BCUT2D eigenvalue weighted by atomic mass is 9.95. The van der Waals surface area contributed by atoms with Gasteiger partial charge in [0.05, 0.1) is 52.8 Å². The summed E-state index contributed by atoms with van der Waals surface area (Å²) in [6, 6.07) is 12.0. The van der Waals surface area contributed by atoms with Crippen LogP contribution in [0.1, 0.15) is 48.5 Å². The molecule has 222 valence electrons. The summed E-state index contributed by atoms with van der Waals surface area (Å²) < 4.78 is 24.3. The van der Waals surface area contributed by atoms with Crippen molar-refractivity contribution in [3.63, 3.8) is 0 Å². The Bertz CT molecular complexity index is 1950. The fraction of sp³-hybridized carbons (Fsp3) is 0.226. The third kappa shape index (κ3) is 5.73. The number of fused-ring (bicyclic) bond motifs is 1. The van der Waals surface area contributed by atoms with Gasteiger partial charge in [0.15, 0.2) is 16.3 Å². The Balaban J connectivity index is 1.65. The van der Waals surface area contributed by atoms with Gasteiger partial charge in [-0.05, 0) is 68.8 Å². The van der Waals surface area contributed by atoms with E-state index >= 15 is 0 Å². The highest BCUT2D eigenvalue weighted by Gasteiger charge is 2.34. The number of carboxylic acids is 1. The molecular formula is C31H27ClN2O8S. The summed E-state index contributed by atoms with van der Waals surface area (Å²) >= 11 is 7.46. The molecule has 1 aliphatic heterocycles. The van der Waals surface area contributed by atoms with Gasteiger partial charge in [-0.25, -0.2) is 14.6 Å². The highest BCUT2D eigenvalue weighted by atomic mass is 35.5. The monoisotopic (exact) mass is 622 g/mol. The van der Waals surface area contributed by atoms with Crippen molar-refractivity contribution in [3.05, 3.63) is 101 Å². The van der Waals surface area contributed by atoms with Crippen molar-refractivity contribution < 1.29 is 33.3 Å². The van der Waals surface area contributed by atoms with Crippen LogP contribution in [0, 0.1) is 0 Å². The number of carbonyl (C=O) groups excluding carboxylic acids is 1. The third-order valence-corrected chi connectivity index (χ3v) is 8.01. The number of hydrogen-bond donors (Lipinski definition) is 1. The zero-order chi connectivity index (χ0) is 30.8. The molecule has 0 spiro atoms. The Morgan fingerprint density at radius 3 is 2.60 bits per heavy atom. The standard InChI is InChI=1S/C31H27ClN2O8S/c1-5-40-24-14-17(8-11-23(24)39-4)27-26(30(38)41-6-2)16(3)33-31-34(27)28(35)25(43-31)15-19-9-12-22(42-19)20-13-18(29(36)37)7-10-21(20)32/h7-15,27H,5-6H2,1-4H3,(H,36,37)/t27-/m0/s1. The molecular weight excluding hydrogens is 596 g/mol. The molecule has 0 saturated carbocycles. The van der Waals surface area contributed by atoms with Gasteiger partial charge in [0, 0.05) is 11.6 Å². The minimum atomic E-state index is -1.09. The second-order valence-electron chi connectivity index (χ2n) is 9.35. The zero-order valence-corrected chi connectivity index (χ0v) is 25.2. The summed E-state index contributed by atoms with van der Waals surface area (Å²) in [6.45, 7) is 5.80. The summed E-state index contributed by atoms with van der Waals surface area (Å²) in [4.78, 5) is 43.6. The number of aromatic carboxylic acids is 1. The Morgan fingerprint density at radius 2 is 1.91 bits per heavy atom. The van der Waals surface area contributed by atoms with Gasteiger partial charge < -0.3 is 23.7 Å². The van der Waals surface area contributed by atoms with Crippen LogP contribution >= 0.6 is 22.9 Å². The molecule has 43 heavy (non-hydrogen) atoms. The van der Waals surface area contributed by atoms with Gasteiger partial charge in [-0.1, -0.05) is 29.0 Å². The number of hydrogen-bond acceptors (Lipinski definition) is 9. The molecule has 12 heteroatoms. The molecule has 2 aromatic heterocycles. The van der Waals surface area contributed by atoms with Crippen LogP contribution in [0.3, 0.4) is 0 Å². The van der Waals surface area contributed by atoms with Crippen molar-refractivity contribution in [2.75, 3.05) is 20.3 Å². The largest absolute Gasteiger partial charge is 0.493 e. The van der Waals surface area contributed by atoms with Crippen LogP contribution in [0.4, 0.5) is 0 Å². The molecule has 10 nitrogen and oxygen atoms in total. The van der Waals surface area contributed by atoms with E-state index in [9.17, 15) is 19.5 Å². The van der Waals surface area contributed by atoms with Crippen LogP contribution in [-0.4, -0.2) is 41.9 Å². The number of aromatic nitrogens is 1. The van der Waals surface area contributed by atoms with Crippen LogP contribution in [0.25, 0.3) is 17.4 Å². The Labute approximate surface area is 254 Å². The fourth-order valence-corrected chi connectivity index (χ4v) is 6.03. The smallest absolute Gasteiger partial charge is 0.338 e. The second-order valence-corrected chi connectivity index (χ2v) is 10.8. The lowest BCUT2D eigenvalue weighted by molar-refractivity contribution is -0.139. The van der Waals surface area contributed by atoms with Crippen LogP contribution in [0.5, 0.6) is 11.5 Å². The van der Waals surface area contributed by atoms with Gasteiger partial charge in [-0.15, -0.1) is 0 Å². The van der Waals surface area contributed by atoms with Crippen LogP contribution < -0.4 is 24.4 Å². The average Bonchev–Trinajstić information content (AvgIpc) is 3.56. The van der Waals surface area contributed by atoms with E-state index in [2.05, 4.69) is 4.99 Å². The molecule has 3 heterocycles. The molecule has 0 amide bonds. The van der Waals surface area contributed by atoms with Crippen LogP contribution in [0.2, 0.25) is 5.02 Å². The number of ether oxygens (including phenoxy) is 3. The van der Waals surface area contributed by atoms with E-state index in [0.29, 0.717) is 60.8 Å². The summed E-state index contributed by atoms with van der Waals surface area (Å²) in [5.41, 5.74) is 1.36. The van der Waals surface area contributed by atoms with Gasteiger partial charge in [-0.2, -0.15) is 0 Å². The summed E-state index contributed by atoms with van der Waals surface area (Å²) in [5.74, 6) is -0.00331. The SMILES string of the molecule is CCOC(=O)C1=C(C)N=c2sc(=Cc3ccc(-c4cc(C(=O)O)ccc4Cl)o3)c(=O)n2[C@H]1c1ccc(OC)c(OCC)c1. The zero-order valence-electron chi connectivity index (χ0n) is 23.7. The van der Waals surface area contributed by atoms with E-state index in [1.54, 1.807) is 50.3 Å². The number of furan rings is 1. The van der Waals surface area contributed by atoms with Crippen LogP contribution in [-0.2, 0) is 9.53 Å². The van der Waals surface area contributed by atoms with Crippen LogP contribution in [0.15, 0.2) is 74.0 Å². The third-order valence-electron chi connectivity index (χ3n) is 6.70. The van der Waals surface area contributed by atoms with E-state index in [1.165, 1.54) is 29.9 Å². The maximum Gasteiger partial charge on any atom is 0.338 e. The minimum Gasteiger partial charge on any atom is -0.493 e. The number of thiazole rings is 1. The Hall–Kier alpha value is -4.61. The van der Waals surface area contributed by atoms with E-state index in [-0.39, 0.29) is 23.3 Å².